The van der Waals surface area contributed by atoms with E-state index < -0.39 is 0 Å². The molecule has 1 aliphatic rings. The van der Waals surface area contributed by atoms with Crippen LogP contribution in [-0.4, -0.2) is 54.0 Å². The number of aromatic nitrogens is 2. The first-order valence-corrected chi connectivity index (χ1v) is 7.90. The second-order valence-corrected chi connectivity index (χ2v) is 5.90. The largest absolute Gasteiger partial charge is 0.354 e. The summed E-state index contributed by atoms with van der Waals surface area (Å²) in [5.74, 6) is 0.789. The Morgan fingerprint density at radius 2 is 1.88 bits per heavy atom. The summed E-state index contributed by atoms with van der Waals surface area (Å²) < 4.78 is 12.9. The van der Waals surface area contributed by atoms with Crippen molar-refractivity contribution < 1.29 is 9.18 Å². The minimum Gasteiger partial charge on any atom is -0.354 e. The molecule has 1 aromatic carbocycles. The van der Waals surface area contributed by atoms with E-state index in [4.69, 9.17) is 0 Å². The average Bonchev–Trinajstić information content (AvgIpc) is 2.58. The van der Waals surface area contributed by atoms with Crippen LogP contribution in [0.3, 0.4) is 0 Å². The lowest BCUT2D eigenvalue weighted by molar-refractivity contribution is -0.115. The van der Waals surface area contributed by atoms with Crippen LogP contribution in [0.15, 0.2) is 36.7 Å². The molecule has 7 heteroatoms. The van der Waals surface area contributed by atoms with Gasteiger partial charge in [0, 0.05) is 32.2 Å². The Morgan fingerprint density at radius 3 is 2.58 bits per heavy atom. The first-order valence-electron chi connectivity index (χ1n) is 7.90. The highest BCUT2D eigenvalue weighted by molar-refractivity contribution is 5.91. The van der Waals surface area contributed by atoms with E-state index in [0.29, 0.717) is 5.82 Å². The Balaban J connectivity index is 1.61. The van der Waals surface area contributed by atoms with Crippen molar-refractivity contribution in [1.82, 2.24) is 14.9 Å². The zero-order valence-electron chi connectivity index (χ0n) is 13.6. The molecule has 1 N–H and O–H groups in total. The Kier molecular flexibility index (Phi) is 5.00. The zero-order chi connectivity index (χ0) is 16.9. The third-order valence-electron chi connectivity index (χ3n) is 4.03. The number of hydrogen-bond donors (Lipinski definition) is 1. The summed E-state index contributed by atoms with van der Waals surface area (Å²) in [6, 6.07) is 7.68. The van der Waals surface area contributed by atoms with Gasteiger partial charge in [0.25, 0.3) is 0 Å². The molecule has 1 aromatic heterocycles. The monoisotopic (exact) mass is 329 g/mol. The maximum Gasteiger partial charge on any atom is 0.229 e. The number of nitrogens with one attached hydrogen (secondary N) is 1. The van der Waals surface area contributed by atoms with Crippen LogP contribution < -0.4 is 10.2 Å². The standard InChI is InChI=1S/C17H20FN5O/c1-22-6-8-23(9-7-22)16-11-15(19-12-20-16)21-17(24)10-13-2-4-14(18)5-3-13/h2-5,11-12H,6-10H2,1H3,(H,19,20,21,24). The summed E-state index contributed by atoms with van der Waals surface area (Å²) in [7, 11) is 2.10. The van der Waals surface area contributed by atoms with Gasteiger partial charge < -0.3 is 15.1 Å². The lowest BCUT2D eigenvalue weighted by Crippen LogP contribution is -2.44. The smallest absolute Gasteiger partial charge is 0.229 e. The van der Waals surface area contributed by atoms with Crippen LogP contribution in [0.25, 0.3) is 0 Å². The van der Waals surface area contributed by atoms with Crippen LogP contribution >= 0.6 is 0 Å². The Morgan fingerprint density at radius 1 is 1.17 bits per heavy atom. The molecule has 1 amide bonds. The third kappa shape index (κ3) is 4.26. The highest BCUT2D eigenvalue weighted by atomic mass is 19.1. The van der Waals surface area contributed by atoms with Crippen LogP contribution in [0.4, 0.5) is 16.0 Å². The topological polar surface area (TPSA) is 61.4 Å². The number of nitrogens with zero attached hydrogens (tertiary/aromatic N) is 4. The second-order valence-electron chi connectivity index (χ2n) is 5.90. The van der Waals surface area contributed by atoms with E-state index in [1.54, 1.807) is 18.2 Å². The number of amides is 1. The lowest BCUT2D eigenvalue weighted by Gasteiger charge is -2.33. The molecule has 3 rings (SSSR count). The van der Waals surface area contributed by atoms with Crippen molar-refractivity contribution in [1.29, 1.82) is 0 Å². The normalized spacial score (nSPS) is 15.3. The molecule has 0 spiro atoms. The van der Waals surface area contributed by atoms with Gasteiger partial charge in [-0.2, -0.15) is 0 Å². The van der Waals surface area contributed by atoms with E-state index in [0.717, 1.165) is 37.6 Å². The van der Waals surface area contributed by atoms with Gasteiger partial charge in [-0.25, -0.2) is 14.4 Å². The average molecular weight is 329 g/mol. The molecule has 2 aromatic rings. The molecule has 126 valence electrons. The van der Waals surface area contributed by atoms with Gasteiger partial charge in [-0.05, 0) is 24.7 Å². The van der Waals surface area contributed by atoms with Crippen molar-refractivity contribution in [3.05, 3.63) is 48.0 Å². The molecule has 0 aliphatic carbocycles. The molecular weight excluding hydrogens is 309 g/mol. The fraction of sp³-hybridized carbons (Fsp3) is 0.353. The van der Waals surface area contributed by atoms with Crippen molar-refractivity contribution >= 4 is 17.5 Å². The van der Waals surface area contributed by atoms with Gasteiger partial charge in [-0.3, -0.25) is 4.79 Å². The lowest BCUT2D eigenvalue weighted by atomic mass is 10.1. The minimum atomic E-state index is -0.313. The van der Waals surface area contributed by atoms with E-state index in [9.17, 15) is 9.18 Å². The molecule has 0 saturated carbocycles. The van der Waals surface area contributed by atoms with Crippen LogP contribution in [0, 0.1) is 5.82 Å². The van der Waals surface area contributed by atoms with Crippen LogP contribution in [0.5, 0.6) is 0 Å². The van der Waals surface area contributed by atoms with E-state index in [1.165, 1.54) is 18.5 Å². The summed E-state index contributed by atoms with van der Waals surface area (Å²) in [4.78, 5) is 25.0. The van der Waals surface area contributed by atoms with Gasteiger partial charge >= 0.3 is 0 Å². The quantitative estimate of drug-likeness (QED) is 0.922. The van der Waals surface area contributed by atoms with E-state index in [2.05, 4.69) is 32.1 Å². The molecule has 0 bridgehead atoms. The summed E-state index contributed by atoms with van der Waals surface area (Å²) >= 11 is 0. The van der Waals surface area contributed by atoms with Gasteiger partial charge in [-0.1, -0.05) is 12.1 Å². The van der Waals surface area contributed by atoms with Gasteiger partial charge in [0.15, 0.2) is 0 Å². The van der Waals surface area contributed by atoms with Crippen molar-refractivity contribution in [2.24, 2.45) is 0 Å². The number of likely N-dealkylation sites (N-methyl/N-ethyl adjacent to an activating group) is 1. The molecule has 1 aliphatic heterocycles. The first kappa shape index (κ1) is 16.3. The first-order chi connectivity index (χ1) is 11.6. The summed E-state index contributed by atoms with van der Waals surface area (Å²) in [6.07, 6.45) is 1.63. The fourth-order valence-electron chi connectivity index (χ4n) is 2.60. The molecule has 0 atom stereocenters. The maximum atomic E-state index is 12.9. The van der Waals surface area contributed by atoms with Crippen molar-refractivity contribution in [3.63, 3.8) is 0 Å². The Bertz CT molecular complexity index is 698. The zero-order valence-corrected chi connectivity index (χ0v) is 13.6. The highest BCUT2D eigenvalue weighted by Gasteiger charge is 2.16. The van der Waals surface area contributed by atoms with E-state index >= 15 is 0 Å². The maximum absolute atomic E-state index is 12.9. The number of anilines is 2. The van der Waals surface area contributed by atoms with Crippen molar-refractivity contribution in [2.75, 3.05) is 43.4 Å². The molecule has 1 fully saturated rings. The number of carbonyl (C=O) groups is 1. The van der Waals surface area contributed by atoms with Gasteiger partial charge in [0.1, 0.15) is 23.8 Å². The van der Waals surface area contributed by atoms with Gasteiger partial charge in [-0.15, -0.1) is 0 Å². The van der Waals surface area contributed by atoms with E-state index in [1.807, 2.05) is 0 Å². The molecule has 1 saturated heterocycles. The number of piperazine rings is 1. The van der Waals surface area contributed by atoms with Crippen LogP contribution in [0.1, 0.15) is 5.56 Å². The Hall–Kier alpha value is -2.54. The SMILES string of the molecule is CN1CCN(c2cc(NC(=O)Cc3ccc(F)cc3)ncn2)CC1. The van der Waals surface area contributed by atoms with E-state index in [-0.39, 0.29) is 18.1 Å². The minimum absolute atomic E-state index is 0.175. The predicted molar refractivity (Wildman–Crippen MR) is 90.5 cm³/mol. The van der Waals surface area contributed by atoms with Gasteiger partial charge in [0.2, 0.25) is 5.91 Å². The van der Waals surface area contributed by atoms with Crippen LogP contribution in [-0.2, 0) is 11.2 Å². The summed E-state index contributed by atoms with van der Waals surface area (Å²) in [6.45, 7) is 3.76. The number of rotatable bonds is 4. The summed E-state index contributed by atoms with van der Waals surface area (Å²) in [5.41, 5.74) is 0.752. The number of halogens is 1. The van der Waals surface area contributed by atoms with Crippen molar-refractivity contribution in [2.45, 2.75) is 6.42 Å². The molecule has 6 nitrogen and oxygen atoms in total. The second kappa shape index (κ2) is 7.35. The molecule has 2 heterocycles. The summed E-state index contributed by atoms with van der Waals surface area (Å²) in [5, 5.41) is 2.77. The van der Waals surface area contributed by atoms with Crippen molar-refractivity contribution in [3.8, 4) is 0 Å². The number of carbonyl (C=O) groups excluding carboxylic acids is 1. The number of benzene rings is 1. The molecule has 0 radical (unpaired) electrons. The molecular formula is C17H20FN5O. The van der Waals surface area contributed by atoms with Crippen LogP contribution in [0.2, 0.25) is 0 Å². The fourth-order valence-corrected chi connectivity index (χ4v) is 2.60. The predicted octanol–water partition coefficient (Wildman–Crippen LogP) is 1.55. The third-order valence-corrected chi connectivity index (χ3v) is 4.03. The Labute approximate surface area is 140 Å². The van der Waals surface area contributed by atoms with Gasteiger partial charge in [0.05, 0.1) is 6.42 Å². The molecule has 0 unspecified atom stereocenters. The number of hydrogen-bond acceptors (Lipinski definition) is 5. The molecule has 24 heavy (non-hydrogen) atoms. The highest BCUT2D eigenvalue weighted by Crippen LogP contribution is 2.16.